The first-order chi connectivity index (χ1) is 8.97. The van der Waals surface area contributed by atoms with Gasteiger partial charge >= 0.3 is 0 Å². The number of unbranched alkanes of at least 4 members (excludes halogenated alkanes) is 1. The average molecular weight is 266 g/mol. The van der Waals surface area contributed by atoms with Crippen molar-refractivity contribution in [2.24, 2.45) is 5.92 Å². The molecular formula is C14H26N4O. The molecule has 0 aliphatic carbocycles. The number of carbonyl (C=O) groups is 1. The van der Waals surface area contributed by atoms with Crippen LogP contribution in [0.3, 0.4) is 0 Å². The lowest BCUT2D eigenvalue weighted by molar-refractivity contribution is -0.122. The van der Waals surface area contributed by atoms with Crippen LogP contribution in [0.2, 0.25) is 0 Å². The summed E-state index contributed by atoms with van der Waals surface area (Å²) in [5.74, 6) is 0.738. The van der Waals surface area contributed by atoms with Gasteiger partial charge in [0.25, 0.3) is 0 Å². The molecule has 0 bridgehead atoms. The summed E-state index contributed by atoms with van der Waals surface area (Å²) < 4.78 is 1.61. The summed E-state index contributed by atoms with van der Waals surface area (Å²) in [6.45, 7) is 8.61. The molecule has 108 valence electrons. The number of aromatic nitrogens is 3. The minimum absolute atomic E-state index is 0.0220. The molecule has 0 saturated carbocycles. The minimum Gasteiger partial charge on any atom is -0.352 e. The third-order valence-electron chi connectivity index (χ3n) is 2.81. The zero-order valence-corrected chi connectivity index (χ0v) is 12.5. The molecule has 5 heteroatoms. The summed E-state index contributed by atoms with van der Waals surface area (Å²) in [7, 11) is 0. The van der Waals surface area contributed by atoms with E-state index < -0.39 is 0 Å². The van der Waals surface area contributed by atoms with Crippen molar-refractivity contribution in [2.75, 3.05) is 0 Å². The van der Waals surface area contributed by atoms with Crippen LogP contribution in [-0.2, 0) is 17.8 Å². The first kappa shape index (κ1) is 15.7. The summed E-state index contributed by atoms with van der Waals surface area (Å²) >= 11 is 0. The van der Waals surface area contributed by atoms with E-state index in [0.717, 1.165) is 24.5 Å². The fourth-order valence-electron chi connectivity index (χ4n) is 1.90. The molecule has 0 fully saturated rings. The van der Waals surface area contributed by atoms with Crippen LogP contribution in [0, 0.1) is 5.92 Å². The topological polar surface area (TPSA) is 59.8 Å². The largest absolute Gasteiger partial charge is 0.352 e. The average Bonchev–Trinajstić information content (AvgIpc) is 2.70. The molecule has 1 aromatic rings. The van der Waals surface area contributed by atoms with Crippen molar-refractivity contribution >= 4 is 5.91 Å². The van der Waals surface area contributed by atoms with E-state index in [0.29, 0.717) is 0 Å². The molecule has 19 heavy (non-hydrogen) atoms. The van der Waals surface area contributed by atoms with Crippen LogP contribution in [0.1, 0.15) is 52.7 Å². The molecule has 1 N–H and O–H groups in total. The number of rotatable bonds is 8. The van der Waals surface area contributed by atoms with E-state index >= 15 is 0 Å². The highest BCUT2D eigenvalue weighted by atomic mass is 16.2. The van der Waals surface area contributed by atoms with Crippen molar-refractivity contribution in [2.45, 2.75) is 66.0 Å². The molecule has 0 unspecified atom stereocenters. The lowest BCUT2D eigenvalue weighted by atomic mass is 10.0. The van der Waals surface area contributed by atoms with Crippen LogP contribution in [0.25, 0.3) is 0 Å². The summed E-state index contributed by atoms with van der Waals surface area (Å²) in [5, 5.41) is 10.9. The quantitative estimate of drug-likeness (QED) is 0.734. The maximum atomic E-state index is 11.6. The number of hydrogen-bond donors (Lipinski definition) is 1. The normalized spacial score (nSPS) is 11.3. The van der Waals surface area contributed by atoms with Crippen LogP contribution in [0.5, 0.6) is 0 Å². The lowest BCUT2D eigenvalue weighted by Gasteiger charge is -2.07. The molecule has 5 nitrogen and oxygen atoms in total. The highest BCUT2D eigenvalue weighted by Gasteiger charge is 2.07. The molecule has 0 spiro atoms. The summed E-state index contributed by atoms with van der Waals surface area (Å²) in [5.41, 5.74) is 0.973. The van der Waals surface area contributed by atoms with Crippen molar-refractivity contribution in [3.8, 4) is 0 Å². The lowest BCUT2D eigenvalue weighted by Crippen LogP contribution is -2.33. The highest BCUT2D eigenvalue weighted by molar-refractivity contribution is 5.75. The monoisotopic (exact) mass is 266 g/mol. The zero-order chi connectivity index (χ0) is 14.3. The molecule has 1 rings (SSSR count). The number of hydrogen-bond acceptors (Lipinski definition) is 3. The number of nitrogens with one attached hydrogen (secondary N) is 1. The summed E-state index contributed by atoms with van der Waals surface area (Å²) in [6, 6.07) is 0.159. The molecule has 0 aliphatic heterocycles. The number of carbonyl (C=O) groups excluding carboxylic acids is 1. The Hall–Kier alpha value is -1.39. The molecule has 0 radical (unpaired) electrons. The van der Waals surface area contributed by atoms with Crippen molar-refractivity contribution < 1.29 is 4.79 Å². The van der Waals surface area contributed by atoms with Crippen LogP contribution in [0.4, 0.5) is 0 Å². The van der Waals surface area contributed by atoms with E-state index in [2.05, 4.69) is 29.5 Å². The number of aryl methyl sites for hydroxylation is 1. The van der Waals surface area contributed by atoms with Gasteiger partial charge in [-0.05, 0) is 32.6 Å². The van der Waals surface area contributed by atoms with E-state index in [1.165, 1.54) is 12.8 Å². The second-order valence-electron chi connectivity index (χ2n) is 5.77. The second-order valence-corrected chi connectivity index (χ2v) is 5.77. The van der Waals surface area contributed by atoms with Crippen LogP contribution < -0.4 is 5.32 Å². The van der Waals surface area contributed by atoms with Gasteiger partial charge in [-0.2, -0.15) is 0 Å². The van der Waals surface area contributed by atoms with Gasteiger partial charge in [-0.3, -0.25) is 4.79 Å². The fraction of sp³-hybridized carbons (Fsp3) is 0.786. The van der Waals surface area contributed by atoms with Crippen LogP contribution in [0.15, 0.2) is 6.20 Å². The molecule has 1 amide bonds. The Balaban J connectivity index is 2.30. The number of nitrogens with zero attached hydrogens (tertiary/aromatic N) is 3. The maximum absolute atomic E-state index is 11.6. The van der Waals surface area contributed by atoms with Gasteiger partial charge in [-0.1, -0.05) is 31.9 Å². The van der Waals surface area contributed by atoms with Gasteiger partial charge in [-0.25, -0.2) is 4.68 Å². The van der Waals surface area contributed by atoms with Crippen molar-refractivity contribution in [1.29, 1.82) is 0 Å². The Bertz CT molecular complexity index is 385. The second kappa shape index (κ2) is 7.92. The smallest absolute Gasteiger partial charge is 0.241 e. The van der Waals surface area contributed by atoms with Crippen molar-refractivity contribution in [1.82, 2.24) is 20.3 Å². The SMILES string of the molecule is CC(C)CCCCc1cn(CC(=O)NC(C)C)nn1. The van der Waals surface area contributed by atoms with Gasteiger partial charge in [0.1, 0.15) is 6.54 Å². The van der Waals surface area contributed by atoms with Crippen molar-refractivity contribution in [3.63, 3.8) is 0 Å². The Morgan fingerprint density at radius 3 is 2.68 bits per heavy atom. The van der Waals surface area contributed by atoms with E-state index in [9.17, 15) is 4.79 Å². The van der Waals surface area contributed by atoms with Gasteiger partial charge in [0, 0.05) is 12.2 Å². The Morgan fingerprint density at radius 1 is 1.32 bits per heavy atom. The molecule has 0 aromatic carbocycles. The molecular weight excluding hydrogens is 240 g/mol. The van der Waals surface area contributed by atoms with Gasteiger partial charge in [-0.15, -0.1) is 5.10 Å². The van der Waals surface area contributed by atoms with Gasteiger partial charge in [0.05, 0.1) is 5.69 Å². The molecule has 1 heterocycles. The number of amides is 1. The Kier molecular flexibility index (Phi) is 6.53. The van der Waals surface area contributed by atoms with Gasteiger partial charge < -0.3 is 5.32 Å². The summed E-state index contributed by atoms with van der Waals surface area (Å²) in [6.07, 6.45) is 6.42. The first-order valence-corrected chi connectivity index (χ1v) is 7.15. The molecule has 0 atom stereocenters. The standard InChI is InChI=1S/C14H26N4O/c1-11(2)7-5-6-8-13-9-18(17-16-13)10-14(19)15-12(3)4/h9,11-12H,5-8,10H2,1-4H3,(H,15,19). The fourth-order valence-corrected chi connectivity index (χ4v) is 1.90. The van der Waals surface area contributed by atoms with Gasteiger partial charge in [0.15, 0.2) is 0 Å². The highest BCUT2D eigenvalue weighted by Crippen LogP contribution is 2.09. The van der Waals surface area contributed by atoms with Crippen LogP contribution >= 0.6 is 0 Å². The first-order valence-electron chi connectivity index (χ1n) is 7.15. The predicted molar refractivity (Wildman–Crippen MR) is 75.7 cm³/mol. The molecule has 1 aromatic heterocycles. The summed E-state index contributed by atoms with van der Waals surface area (Å²) in [4.78, 5) is 11.6. The van der Waals surface area contributed by atoms with E-state index in [1.54, 1.807) is 4.68 Å². The van der Waals surface area contributed by atoms with Crippen LogP contribution in [-0.4, -0.2) is 26.9 Å². The van der Waals surface area contributed by atoms with E-state index in [1.807, 2.05) is 20.0 Å². The Labute approximate surface area is 115 Å². The maximum Gasteiger partial charge on any atom is 0.241 e. The predicted octanol–water partition coefficient (Wildman–Crippen LogP) is 2.17. The zero-order valence-electron chi connectivity index (χ0n) is 12.5. The molecule has 0 aliphatic rings. The van der Waals surface area contributed by atoms with Crippen molar-refractivity contribution in [3.05, 3.63) is 11.9 Å². The third kappa shape index (κ3) is 6.94. The Morgan fingerprint density at radius 2 is 2.05 bits per heavy atom. The van der Waals surface area contributed by atoms with E-state index in [-0.39, 0.29) is 18.5 Å². The van der Waals surface area contributed by atoms with E-state index in [4.69, 9.17) is 0 Å². The molecule has 0 saturated heterocycles. The third-order valence-corrected chi connectivity index (χ3v) is 2.81. The van der Waals surface area contributed by atoms with Gasteiger partial charge in [0.2, 0.25) is 5.91 Å². The minimum atomic E-state index is -0.0220.